The fraction of sp³-hybridized carbons (Fsp3) is 0.615. The molecule has 1 aromatic rings. The summed E-state index contributed by atoms with van der Waals surface area (Å²) in [6, 6.07) is 2.77. The number of halogens is 1. The number of aliphatic hydroxyl groups excluding tert-OH is 1. The highest BCUT2D eigenvalue weighted by Crippen LogP contribution is 2.37. The van der Waals surface area contributed by atoms with Crippen LogP contribution < -0.4 is 0 Å². The van der Waals surface area contributed by atoms with Gasteiger partial charge in [-0.15, -0.1) is 0 Å². The smallest absolute Gasteiger partial charge is 0.192 e. The van der Waals surface area contributed by atoms with Gasteiger partial charge in [-0.2, -0.15) is 0 Å². The van der Waals surface area contributed by atoms with E-state index < -0.39 is 20.2 Å². The Kier molecular flexibility index (Phi) is 4.64. The summed E-state index contributed by atoms with van der Waals surface area (Å²) in [7, 11) is -1.87. The van der Waals surface area contributed by atoms with E-state index in [1.165, 1.54) is 12.1 Å². The molecule has 0 amide bonds. The van der Waals surface area contributed by atoms with E-state index in [9.17, 15) is 9.50 Å². The summed E-state index contributed by atoms with van der Waals surface area (Å²) in [5.74, 6) is -0.406. The lowest BCUT2D eigenvalue weighted by Gasteiger charge is -2.36. The highest BCUT2D eigenvalue weighted by atomic mass is 28.4. The summed E-state index contributed by atoms with van der Waals surface area (Å²) >= 11 is 0. The van der Waals surface area contributed by atoms with Gasteiger partial charge in [0.15, 0.2) is 8.32 Å². The van der Waals surface area contributed by atoms with Crippen LogP contribution in [-0.4, -0.2) is 25.0 Å². The summed E-state index contributed by atoms with van der Waals surface area (Å²) in [5.41, 5.74) is 0.440. The molecule has 1 atom stereocenters. The molecule has 18 heavy (non-hydrogen) atoms. The third-order valence-corrected chi connectivity index (χ3v) is 8.00. The van der Waals surface area contributed by atoms with Crippen molar-refractivity contribution in [3.63, 3.8) is 0 Å². The van der Waals surface area contributed by atoms with E-state index in [1.54, 1.807) is 0 Å². The van der Waals surface area contributed by atoms with Crippen LogP contribution in [0.5, 0.6) is 0 Å². The van der Waals surface area contributed by atoms with E-state index in [2.05, 4.69) is 38.8 Å². The maximum absolute atomic E-state index is 12.7. The Morgan fingerprint density at radius 3 is 2.44 bits per heavy atom. The molecule has 0 spiro atoms. The van der Waals surface area contributed by atoms with E-state index in [4.69, 9.17) is 4.43 Å². The summed E-state index contributed by atoms with van der Waals surface area (Å²) in [4.78, 5) is 3.85. The van der Waals surface area contributed by atoms with Crippen molar-refractivity contribution in [3.8, 4) is 0 Å². The molecular weight excluding hydrogens is 249 g/mol. The van der Waals surface area contributed by atoms with Gasteiger partial charge in [0.05, 0.1) is 18.5 Å². The van der Waals surface area contributed by atoms with E-state index in [1.807, 2.05) is 0 Å². The monoisotopic (exact) mass is 271 g/mol. The van der Waals surface area contributed by atoms with Crippen molar-refractivity contribution in [2.24, 2.45) is 0 Å². The van der Waals surface area contributed by atoms with Crippen molar-refractivity contribution in [2.75, 3.05) is 6.61 Å². The Hall–Kier alpha value is -0.783. The zero-order chi connectivity index (χ0) is 14.0. The SMILES string of the molecule is CC(C)(C)[Si](C)(C)OC[C@@H](O)c1ccc(F)cn1. The number of aromatic nitrogens is 1. The number of pyridine rings is 1. The Balaban J connectivity index is 2.61. The normalized spacial score (nSPS) is 14.6. The van der Waals surface area contributed by atoms with Gasteiger partial charge < -0.3 is 9.53 Å². The molecule has 0 saturated heterocycles. The first kappa shape index (κ1) is 15.3. The van der Waals surface area contributed by atoms with Crippen molar-refractivity contribution in [1.82, 2.24) is 4.98 Å². The van der Waals surface area contributed by atoms with Crippen LogP contribution in [0.4, 0.5) is 4.39 Å². The molecule has 0 radical (unpaired) electrons. The Bertz CT molecular complexity index is 387. The summed E-state index contributed by atoms with van der Waals surface area (Å²) in [6.45, 7) is 10.9. The van der Waals surface area contributed by atoms with Crippen LogP contribution in [-0.2, 0) is 4.43 Å². The molecule has 1 N–H and O–H groups in total. The lowest BCUT2D eigenvalue weighted by molar-refractivity contribution is 0.0969. The number of nitrogens with zero attached hydrogens (tertiary/aromatic N) is 1. The largest absolute Gasteiger partial charge is 0.414 e. The van der Waals surface area contributed by atoms with Crippen LogP contribution in [0.3, 0.4) is 0 Å². The van der Waals surface area contributed by atoms with Gasteiger partial charge in [0.2, 0.25) is 0 Å². The molecule has 1 aromatic heterocycles. The summed E-state index contributed by atoms with van der Waals surface area (Å²) in [5, 5.41) is 10.1. The van der Waals surface area contributed by atoms with Crippen LogP contribution in [0.15, 0.2) is 18.3 Å². The lowest BCUT2D eigenvalue weighted by atomic mass is 10.2. The number of rotatable bonds is 4. The van der Waals surface area contributed by atoms with Crippen LogP contribution in [0.2, 0.25) is 18.1 Å². The standard InChI is InChI=1S/C13H22FNO2Si/c1-13(2,3)18(4,5)17-9-12(16)11-7-6-10(14)8-15-11/h6-8,12,16H,9H2,1-5H3/t12-/m1/s1. The van der Waals surface area contributed by atoms with Gasteiger partial charge in [-0.25, -0.2) is 4.39 Å². The molecule has 5 heteroatoms. The minimum Gasteiger partial charge on any atom is -0.414 e. The van der Waals surface area contributed by atoms with Crippen molar-refractivity contribution in [3.05, 3.63) is 29.8 Å². The van der Waals surface area contributed by atoms with Crippen molar-refractivity contribution >= 4 is 8.32 Å². The second-order valence-electron chi connectivity index (χ2n) is 5.99. The minimum atomic E-state index is -1.87. The van der Waals surface area contributed by atoms with Crippen molar-refractivity contribution < 1.29 is 13.9 Å². The Morgan fingerprint density at radius 1 is 1.39 bits per heavy atom. The van der Waals surface area contributed by atoms with Crippen LogP contribution in [0.25, 0.3) is 0 Å². The zero-order valence-electron chi connectivity index (χ0n) is 11.7. The van der Waals surface area contributed by atoms with E-state index in [-0.39, 0.29) is 11.6 Å². The highest BCUT2D eigenvalue weighted by molar-refractivity contribution is 6.74. The second-order valence-corrected chi connectivity index (χ2v) is 10.8. The number of aliphatic hydroxyl groups is 1. The highest BCUT2D eigenvalue weighted by Gasteiger charge is 2.37. The molecule has 1 rings (SSSR count). The molecule has 0 unspecified atom stereocenters. The Morgan fingerprint density at radius 2 is 2.00 bits per heavy atom. The van der Waals surface area contributed by atoms with Crippen LogP contribution in [0.1, 0.15) is 32.6 Å². The first-order valence-corrected chi connectivity index (χ1v) is 8.98. The molecule has 1 heterocycles. The van der Waals surface area contributed by atoms with Gasteiger partial charge in [0, 0.05) is 0 Å². The number of hydrogen-bond donors (Lipinski definition) is 1. The fourth-order valence-electron chi connectivity index (χ4n) is 1.17. The predicted molar refractivity (Wildman–Crippen MR) is 72.3 cm³/mol. The Labute approximate surface area is 109 Å². The molecule has 0 bridgehead atoms. The predicted octanol–water partition coefficient (Wildman–Crippen LogP) is 3.28. The van der Waals surface area contributed by atoms with Gasteiger partial charge >= 0.3 is 0 Å². The fourth-order valence-corrected chi connectivity index (χ4v) is 2.18. The van der Waals surface area contributed by atoms with E-state index in [0.29, 0.717) is 5.69 Å². The minimum absolute atomic E-state index is 0.100. The summed E-state index contributed by atoms with van der Waals surface area (Å²) in [6.07, 6.45) is 0.296. The third kappa shape index (κ3) is 3.86. The van der Waals surface area contributed by atoms with Crippen LogP contribution >= 0.6 is 0 Å². The molecule has 0 aliphatic rings. The third-order valence-electron chi connectivity index (χ3n) is 3.50. The van der Waals surface area contributed by atoms with E-state index in [0.717, 1.165) is 6.20 Å². The maximum atomic E-state index is 12.7. The van der Waals surface area contributed by atoms with Gasteiger partial charge in [-0.1, -0.05) is 20.8 Å². The average molecular weight is 271 g/mol. The van der Waals surface area contributed by atoms with Gasteiger partial charge in [-0.3, -0.25) is 4.98 Å². The molecule has 0 aromatic carbocycles. The summed E-state index contributed by atoms with van der Waals surface area (Å²) < 4.78 is 18.6. The first-order chi connectivity index (χ1) is 8.13. The molecule has 0 saturated carbocycles. The quantitative estimate of drug-likeness (QED) is 0.855. The van der Waals surface area contributed by atoms with Gasteiger partial charge in [-0.05, 0) is 30.3 Å². The first-order valence-electron chi connectivity index (χ1n) is 6.07. The van der Waals surface area contributed by atoms with Crippen molar-refractivity contribution in [2.45, 2.75) is 45.0 Å². The van der Waals surface area contributed by atoms with Gasteiger partial charge in [0.25, 0.3) is 0 Å². The van der Waals surface area contributed by atoms with Crippen LogP contribution in [0, 0.1) is 5.82 Å². The van der Waals surface area contributed by atoms with Gasteiger partial charge in [0.1, 0.15) is 11.9 Å². The second kappa shape index (κ2) is 5.46. The molecule has 0 fully saturated rings. The molecule has 3 nitrogen and oxygen atoms in total. The zero-order valence-corrected chi connectivity index (χ0v) is 12.7. The van der Waals surface area contributed by atoms with Crippen molar-refractivity contribution in [1.29, 1.82) is 0 Å². The molecule has 0 aliphatic heterocycles. The molecular formula is C13H22FNO2Si. The topological polar surface area (TPSA) is 42.4 Å². The lowest BCUT2D eigenvalue weighted by Crippen LogP contribution is -2.41. The average Bonchev–Trinajstić information content (AvgIpc) is 2.25. The molecule has 102 valence electrons. The van der Waals surface area contributed by atoms with E-state index >= 15 is 0 Å². The molecule has 0 aliphatic carbocycles. The maximum Gasteiger partial charge on any atom is 0.192 e. The number of hydrogen-bond acceptors (Lipinski definition) is 3.